The van der Waals surface area contributed by atoms with Crippen molar-refractivity contribution in [2.45, 2.75) is 12.5 Å². The molecule has 2 N–H and O–H groups in total. The molecule has 0 fully saturated rings. The van der Waals surface area contributed by atoms with E-state index in [4.69, 9.17) is 5.11 Å². The molecular formula is C12H11NO3S. The van der Waals surface area contributed by atoms with Crippen molar-refractivity contribution >= 4 is 33.8 Å². The van der Waals surface area contributed by atoms with E-state index in [0.29, 0.717) is 12.8 Å². The number of amides is 1. The predicted molar refractivity (Wildman–Crippen MR) is 66.2 cm³/mol. The van der Waals surface area contributed by atoms with Crippen molar-refractivity contribution in [3.8, 4) is 0 Å². The molecule has 2 aromatic rings. The van der Waals surface area contributed by atoms with Gasteiger partial charge in [0.05, 0.1) is 0 Å². The van der Waals surface area contributed by atoms with Gasteiger partial charge in [-0.2, -0.15) is 0 Å². The quantitative estimate of drug-likeness (QED) is 0.792. The molecule has 0 radical (unpaired) electrons. The van der Waals surface area contributed by atoms with Crippen LogP contribution in [0.25, 0.3) is 10.1 Å². The third kappa shape index (κ3) is 2.45. The molecule has 17 heavy (non-hydrogen) atoms. The van der Waals surface area contributed by atoms with Crippen molar-refractivity contribution in [2.75, 3.05) is 0 Å². The lowest BCUT2D eigenvalue weighted by Gasteiger charge is -2.10. The molecule has 4 nitrogen and oxygen atoms in total. The summed E-state index contributed by atoms with van der Waals surface area (Å²) in [6.07, 6.45) is 0.728. The number of carbonyl (C=O) groups excluding carboxylic acids is 1. The minimum absolute atomic E-state index is 0.304. The first-order valence-electron chi connectivity index (χ1n) is 5.10. The Morgan fingerprint density at radius 1 is 1.47 bits per heavy atom. The van der Waals surface area contributed by atoms with Gasteiger partial charge in [-0.05, 0) is 22.4 Å². The number of nitrogens with one attached hydrogen (secondary N) is 1. The highest BCUT2D eigenvalue weighted by Gasteiger charge is 2.18. The Balaban J connectivity index is 2.28. The SMILES string of the molecule is O=CNC(Cc1csc2ccccc12)C(=O)O. The summed E-state index contributed by atoms with van der Waals surface area (Å²) in [7, 11) is 0. The largest absolute Gasteiger partial charge is 0.480 e. The average molecular weight is 249 g/mol. The van der Waals surface area contributed by atoms with Gasteiger partial charge in [0.1, 0.15) is 6.04 Å². The first-order chi connectivity index (χ1) is 8.22. The summed E-state index contributed by atoms with van der Waals surface area (Å²) in [5.74, 6) is -1.02. The van der Waals surface area contributed by atoms with Crippen molar-refractivity contribution in [1.29, 1.82) is 0 Å². The van der Waals surface area contributed by atoms with Crippen LogP contribution in [0.5, 0.6) is 0 Å². The second-order valence-electron chi connectivity index (χ2n) is 3.64. The van der Waals surface area contributed by atoms with E-state index in [-0.39, 0.29) is 0 Å². The van der Waals surface area contributed by atoms with Crippen LogP contribution in [0.4, 0.5) is 0 Å². The molecule has 0 saturated carbocycles. The van der Waals surface area contributed by atoms with Crippen LogP contribution in [-0.4, -0.2) is 23.5 Å². The molecule has 1 aromatic carbocycles. The smallest absolute Gasteiger partial charge is 0.326 e. The van der Waals surface area contributed by atoms with Crippen LogP contribution >= 0.6 is 11.3 Å². The van der Waals surface area contributed by atoms with Crippen molar-refractivity contribution in [3.05, 3.63) is 35.2 Å². The number of hydrogen-bond acceptors (Lipinski definition) is 3. The highest BCUT2D eigenvalue weighted by Crippen LogP contribution is 2.26. The summed E-state index contributed by atoms with van der Waals surface area (Å²) in [6.45, 7) is 0. The summed E-state index contributed by atoms with van der Waals surface area (Å²) in [6, 6.07) is 6.95. The number of aliphatic carboxylic acids is 1. The number of carbonyl (C=O) groups is 2. The van der Waals surface area contributed by atoms with E-state index in [0.717, 1.165) is 15.6 Å². The van der Waals surface area contributed by atoms with Crippen molar-refractivity contribution in [3.63, 3.8) is 0 Å². The van der Waals surface area contributed by atoms with E-state index < -0.39 is 12.0 Å². The number of carboxylic acids is 1. The van der Waals surface area contributed by atoms with Gasteiger partial charge < -0.3 is 10.4 Å². The summed E-state index contributed by atoms with van der Waals surface area (Å²) < 4.78 is 1.12. The zero-order valence-corrected chi connectivity index (χ0v) is 9.74. The van der Waals surface area contributed by atoms with Gasteiger partial charge in [0.2, 0.25) is 6.41 Å². The predicted octanol–water partition coefficient (Wildman–Crippen LogP) is 1.64. The van der Waals surface area contributed by atoms with Crippen LogP contribution in [0.2, 0.25) is 0 Å². The molecule has 5 heteroatoms. The zero-order valence-electron chi connectivity index (χ0n) is 8.92. The Labute approximate surface area is 102 Å². The number of hydrogen-bond donors (Lipinski definition) is 2. The van der Waals surface area contributed by atoms with Crippen molar-refractivity contribution < 1.29 is 14.7 Å². The Bertz CT molecular complexity index is 549. The third-order valence-corrected chi connectivity index (χ3v) is 3.56. The molecule has 1 aromatic heterocycles. The zero-order chi connectivity index (χ0) is 12.3. The van der Waals surface area contributed by atoms with Gasteiger partial charge >= 0.3 is 5.97 Å². The maximum Gasteiger partial charge on any atom is 0.326 e. The minimum atomic E-state index is -1.02. The molecule has 2 rings (SSSR count). The van der Waals surface area contributed by atoms with E-state index in [1.54, 1.807) is 11.3 Å². The fourth-order valence-corrected chi connectivity index (χ4v) is 2.69. The summed E-state index contributed by atoms with van der Waals surface area (Å²) in [5, 5.41) is 14.3. The second kappa shape index (κ2) is 4.97. The van der Waals surface area contributed by atoms with Gasteiger partial charge in [-0.1, -0.05) is 18.2 Å². The van der Waals surface area contributed by atoms with Gasteiger partial charge in [0.25, 0.3) is 0 Å². The van der Waals surface area contributed by atoms with Crippen LogP contribution in [0.1, 0.15) is 5.56 Å². The Morgan fingerprint density at radius 2 is 2.24 bits per heavy atom. The highest BCUT2D eigenvalue weighted by atomic mass is 32.1. The third-order valence-electron chi connectivity index (χ3n) is 2.55. The molecule has 0 spiro atoms. The highest BCUT2D eigenvalue weighted by molar-refractivity contribution is 7.17. The minimum Gasteiger partial charge on any atom is -0.480 e. The van der Waals surface area contributed by atoms with Gasteiger partial charge in [-0.3, -0.25) is 4.79 Å². The molecule has 1 heterocycles. The van der Waals surface area contributed by atoms with Crippen LogP contribution in [0.3, 0.4) is 0 Å². The molecule has 0 aliphatic carbocycles. The lowest BCUT2D eigenvalue weighted by atomic mass is 10.1. The van der Waals surface area contributed by atoms with Crippen LogP contribution in [-0.2, 0) is 16.0 Å². The molecule has 0 saturated heterocycles. The fraction of sp³-hybridized carbons (Fsp3) is 0.167. The van der Waals surface area contributed by atoms with Gasteiger partial charge in [0.15, 0.2) is 0 Å². The van der Waals surface area contributed by atoms with E-state index in [2.05, 4.69) is 5.32 Å². The van der Waals surface area contributed by atoms with Crippen molar-refractivity contribution in [2.24, 2.45) is 0 Å². The molecule has 88 valence electrons. The molecule has 0 aliphatic rings. The van der Waals surface area contributed by atoms with Crippen molar-refractivity contribution in [1.82, 2.24) is 5.32 Å². The molecule has 1 amide bonds. The van der Waals surface area contributed by atoms with E-state index in [9.17, 15) is 9.59 Å². The normalized spacial score (nSPS) is 12.2. The number of thiophene rings is 1. The van der Waals surface area contributed by atoms with Gasteiger partial charge in [-0.15, -0.1) is 11.3 Å². The Hall–Kier alpha value is -1.88. The first-order valence-corrected chi connectivity index (χ1v) is 5.98. The topological polar surface area (TPSA) is 66.4 Å². The van der Waals surface area contributed by atoms with E-state index in [1.165, 1.54) is 0 Å². The van der Waals surface area contributed by atoms with E-state index >= 15 is 0 Å². The lowest BCUT2D eigenvalue weighted by molar-refractivity contribution is -0.140. The fourth-order valence-electron chi connectivity index (χ4n) is 1.71. The number of fused-ring (bicyclic) bond motifs is 1. The average Bonchev–Trinajstić information content (AvgIpc) is 2.72. The van der Waals surface area contributed by atoms with Crippen LogP contribution < -0.4 is 5.32 Å². The molecule has 0 aliphatic heterocycles. The number of rotatable bonds is 5. The summed E-state index contributed by atoms with van der Waals surface area (Å²) >= 11 is 1.58. The lowest BCUT2D eigenvalue weighted by Crippen LogP contribution is -2.37. The summed E-state index contributed by atoms with van der Waals surface area (Å²) in [5.41, 5.74) is 0.951. The second-order valence-corrected chi connectivity index (χ2v) is 4.55. The van der Waals surface area contributed by atoms with Crippen LogP contribution in [0, 0.1) is 0 Å². The molecule has 0 bridgehead atoms. The van der Waals surface area contributed by atoms with Gasteiger partial charge in [-0.25, -0.2) is 4.79 Å². The first kappa shape index (κ1) is 11.6. The van der Waals surface area contributed by atoms with Gasteiger partial charge in [0, 0.05) is 11.1 Å². The Kier molecular flexibility index (Phi) is 3.39. The molecular weight excluding hydrogens is 238 g/mol. The monoisotopic (exact) mass is 249 g/mol. The maximum absolute atomic E-state index is 10.9. The molecule has 1 unspecified atom stereocenters. The summed E-state index contributed by atoms with van der Waals surface area (Å²) in [4.78, 5) is 21.3. The number of benzene rings is 1. The molecule has 1 atom stereocenters. The maximum atomic E-state index is 10.9. The van der Waals surface area contributed by atoms with Crippen LogP contribution in [0.15, 0.2) is 29.6 Å². The van der Waals surface area contributed by atoms with E-state index in [1.807, 2.05) is 29.6 Å². The standard InChI is InChI=1S/C12H11NO3S/c14-7-13-10(12(15)16)5-8-6-17-11-4-2-1-3-9(8)11/h1-4,6-7,10H,5H2,(H,13,14)(H,15,16). The number of carboxylic acid groups (broad SMARTS) is 1. The Morgan fingerprint density at radius 3 is 2.94 bits per heavy atom.